The van der Waals surface area contributed by atoms with Gasteiger partial charge in [0.25, 0.3) is 5.88 Å². The standard InChI is InChI=1S/C15H21N5O2S/c1-20-9-11(13(19-20)22-2)16-14(21)18-15-17-10-7-5-3-4-6-8-12(10)23-15/h9H,3-8H2,1-2H3,(H2,16,17,18,21). The van der Waals surface area contributed by atoms with Crippen molar-refractivity contribution in [2.45, 2.75) is 38.5 Å². The van der Waals surface area contributed by atoms with E-state index in [0.717, 1.165) is 18.5 Å². The van der Waals surface area contributed by atoms with Gasteiger partial charge in [-0.2, -0.15) is 0 Å². The minimum Gasteiger partial charge on any atom is -0.478 e. The van der Waals surface area contributed by atoms with Crippen LogP contribution in [0.3, 0.4) is 0 Å². The fourth-order valence-electron chi connectivity index (χ4n) is 2.71. The number of fused-ring (bicyclic) bond motifs is 1. The Morgan fingerprint density at radius 2 is 2.04 bits per heavy atom. The van der Waals surface area contributed by atoms with E-state index >= 15 is 0 Å². The molecule has 0 saturated heterocycles. The van der Waals surface area contributed by atoms with Crippen LogP contribution in [0.2, 0.25) is 0 Å². The number of methoxy groups -OCH3 is 1. The summed E-state index contributed by atoms with van der Waals surface area (Å²) in [6.45, 7) is 0. The molecule has 2 N–H and O–H groups in total. The van der Waals surface area contributed by atoms with E-state index in [1.807, 2.05) is 0 Å². The molecule has 0 atom stereocenters. The predicted molar refractivity (Wildman–Crippen MR) is 90.4 cm³/mol. The van der Waals surface area contributed by atoms with E-state index in [1.54, 1.807) is 29.3 Å². The minimum atomic E-state index is -0.335. The number of anilines is 2. The van der Waals surface area contributed by atoms with E-state index < -0.39 is 0 Å². The number of carbonyl (C=O) groups excluding carboxylic acids is 1. The van der Waals surface area contributed by atoms with Crippen molar-refractivity contribution in [2.24, 2.45) is 7.05 Å². The smallest absolute Gasteiger partial charge is 0.325 e. The van der Waals surface area contributed by atoms with Crippen LogP contribution in [0.15, 0.2) is 6.20 Å². The molecule has 0 bridgehead atoms. The molecule has 2 amide bonds. The molecule has 0 aromatic carbocycles. The average Bonchev–Trinajstić information content (AvgIpc) is 3.02. The summed E-state index contributed by atoms with van der Waals surface area (Å²) in [6, 6.07) is -0.335. The average molecular weight is 335 g/mol. The number of rotatable bonds is 3. The minimum absolute atomic E-state index is 0.335. The van der Waals surface area contributed by atoms with Gasteiger partial charge in [0.2, 0.25) is 0 Å². The Morgan fingerprint density at radius 3 is 2.83 bits per heavy atom. The summed E-state index contributed by atoms with van der Waals surface area (Å²) in [5.74, 6) is 0.383. The molecule has 2 heterocycles. The van der Waals surface area contributed by atoms with Crippen molar-refractivity contribution in [3.8, 4) is 5.88 Å². The summed E-state index contributed by atoms with van der Waals surface area (Å²) >= 11 is 1.58. The first-order chi connectivity index (χ1) is 11.2. The van der Waals surface area contributed by atoms with E-state index in [4.69, 9.17) is 4.74 Å². The molecule has 1 aliphatic carbocycles. The van der Waals surface area contributed by atoms with Crippen molar-refractivity contribution in [2.75, 3.05) is 17.7 Å². The maximum Gasteiger partial charge on any atom is 0.325 e. The number of aromatic nitrogens is 3. The van der Waals surface area contributed by atoms with Crippen LogP contribution in [-0.2, 0) is 19.9 Å². The Hall–Kier alpha value is -2.09. The van der Waals surface area contributed by atoms with Gasteiger partial charge in [-0.25, -0.2) is 9.78 Å². The molecule has 0 fully saturated rings. The molecule has 2 aromatic heterocycles. The first-order valence-electron chi connectivity index (χ1n) is 7.80. The van der Waals surface area contributed by atoms with Crippen LogP contribution in [0.25, 0.3) is 0 Å². The van der Waals surface area contributed by atoms with Gasteiger partial charge in [-0.1, -0.05) is 12.8 Å². The lowest BCUT2D eigenvalue weighted by Gasteiger charge is -2.06. The number of amides is 2. The summed E-state index contributed by atoms with van der Waals surface area (Å²) in [6.07, 6.45) is 8.68. The highest BCUT2D eigenvalue weighted by Gasteiger charge is 2.16. The molecule has 0 radical (unpaired) electrons. The normalized spacial score (nSPS) is 14.5. The van der Waals surface area contributed by atoms with Crippen molar-refractivity contribution in [3.63, 3.8) is 0 Å². The third-order valence-corrected chi connectivity index (χ3v) is 4.88. The van der Waals surface area contributed by atoms with Gasteiger partial charge >= 0.3 is 6.03 Å². The Balaban J connectivity index is 1.66. The first kappa shape index (κ1) is 15.8. The second kappa shape index (κ2) is 6.99. The zero-order valence-corrected chi connectivity index (χ0v) is 14.2. The molecule has 8 heteroatoms. The zero-order valence-electron chi connectivity index (χ0n) is 13.4. The largest absolute Gasteiger partial charge is 0.478 e. The number of hydrogen-bond acceptors (Lipinski definition) is 5. The number of carbonyl (C=O) groups is 1. The molecule has 0 saturated carbocycles. The Morgan fingerprint density at radius 1 is 1.26 bits per heavy atom. The zero-order chi connectivity index (χ0) is 16.2. The van der Waals surface area contributed by atoms with E-state index in [2.05, 4.69) is 20.7 Å². The number of aryl methyl sites for hydroxylation is 3. The predicted octanol–water partition coefficient (Wildman–Crippen LogP) is 3.19. The van der Waals surface area contributed by atoms with Crippen LogP contribution in [0.1, 0.15) is 36.3 Å². The van der Waals surface area contributed by atoms with Crippen molar-refractivity contribution < 1.29 is 9.53 Å². The van der Waals surface area contributed by atoms with Gasteiger partial charge in [0, 0.05) is 11.9 Å². The molecule has 124 valence electrons. The van der Waals surface area contributed by atoms with Gasteiger partial charge in [0.05, 0.1) is 19.0 Å². The Kier molecular flexibility index (Phi) is 4.80. The second-order valence-electron chi connectivity index (χ2n) is 5.61. The first-order valence-corrected chi connectivity index (χ1v) is 8.61. The summed E-state index contributed by atoms with van der Waals surface area (Å²) in [5, 5.41) is 10.3. The third-order valence-electron chi connectivity index (χ3n) is 3.80. The van der Waals surface area contributed by atoms with E-state index in [0.29, 0.717) is 16.7 Å². The van der Waals surface area contributed by atoms with Crippen LogP contribution in [0.4, 0.5) is 15.6 Å². The van der Waals surface area contributed by atoms with Gasteiger partial charge in [-0.3, -0.25) is 10.00 Å². The van der Waals surface area contributed by atoms with Crippen LogP contribution in [0, 0.1) is 0 Å². The van der Waals surface area contributed by atoms with E-state index in [1.165, 1.54) is 37.7 Å². The van der Waals surface area contributed by atoms with Crippen molar-refractivity contribution in [3.05, 3.63) is 16.8 Å². The van der Waals surface area contributed by atoms with Gasteiger partial charge in [-0.15, -0.1) is 16.4 Å². The summed E-state index contributed by atoms with van der Waals surface area (Å²) in [4.78, 5) is 18.0. The number of hydrogen-bond donors (Lipinski definition) is 2. The molecule has 0 unspecified atom stereocenters. The quantitative estimate of drug-likeness (QED) is 0.902. The maximum atomic E-state index is 12.2. The van der Waals surface area contributed by atoms with Gasteiger partial charge in [-0.05, 0) is 25.7 Å². The maximum absolute atomic E-state index is 12.2. The Bertz CT molecular complexity index is 669. The number of thiazole rings is 1. The topological polar surface area (TPSA) is 81.1 Å². The lowest BCUT2D eigenvalue weighted by Crippen LogP contribution is -2.19. The lowest BCUT2D eigenvalue weighted by atomic mass is 10.0. The highest BCUT2D eigenvalue weighted by molar-refractivity contribution is 7.15. The SMILES string of the molecule is COc1nn(C)cc1NC(=O)Nc1nc2c(s1)CCCCCC2. The van der Waals surface area contributed by atoms with Gasteiger partial charge < -0.3 is 10.1 Å². The van der Waals surface area contributed by atoms with Crippen LogP contribution >= 0.6 is 11.3 Å². The van der Waals surface area contributed by atoms with E-state index in [9.17, 15) is 4.79 Å². The molecule has 7 nitrogen and oxygen atoms in total. The fraction of sp³-hybridized carbons (Fsp3) is 0.533. The number of ether oxygens (including phenoxy) is 1. The summed E-state index contributed by atoms with van der Waals surface area (Å²) in [7, 11) is 3.29. The monoisotopic (exact) mass is 335 g/mol. The molecule has 0 spiro atoms. The Labute approximate surface area is 139 Å². The van der Waals surface area contributed by atoms with Crippen molar-refractivity contribution in [1.29, 1.82) is 0 Å². The molecular formula is C15H21N5O2S. The molecule has 2 aromatic rings. The molecule has 23 heavy (non-hydrogen) atoms. The third kappa shape index (κ3) is 3.82. The highest BCUT2D eigenvalue weighted by Crippen LogP contribution is 2.29. The van der Waals surface area contributed by atoms with E-state index in [-0.39, 0.29) is 6.03 Å². The second-order valence-corrected chi connectivity index (χ2v) is 6.69. The van der Waals surface area contributed by atoms with Crippen LogP contribution in [0.5, 0.6) is 5.88 Å². The summed E-state index contributed by atoms with van der Waals surface area (Å²) in [5.41, 5.74) is 1.67. The number of urea groups is 1. The molecule has 1 aliphatic rings. The molecule has 0 aliphatic heterocycles. The van der Waals surface area contributed by atoms with Crippen LogP contribution < -0.4 is 15.4 Å². The van der Waals surface area contributed by atoms with Crippen LogP contribution in [-0.4, -0.2) is 27.9 Å². The van der Waals surface area contributed by atoms with Crippen molar-refractivity contribution >= 4 is 28.2 Å². The highest BCUT2D eigenvalue weighted by atomic mass is 32.1. The van der Waals surface area contributed by atoms with Crippen molar-refractivity contribution in [1.82, 2.24) is 14.8 Å². The van der Waals surface area contributed by atoms with Gasteiger partial charge in [0.1, 0.15) is 5.69 Å². The number of nitrogens with one attached hydrogen (secondary N) is 2. The molecule has 3 rings (SSSR count). The molecular weight excluding hydrogens is 314 g/mol. The fourth-order valence-corrected chi connectivity index (χ4v) is 3.76. The lowest BCUT2D eigenvalue weighted by molar-refractivity contribution is 0.262. The number of nitrogens with zero attached hydrogens (tertiary/aromatic N) is 3. The van der Waals surface area contributed by atoms with Gasteiger partial charge in [0.15, 0.2) is 5.13 Å². The summed E-state index contributed by atoms with van der Waals surface area (Å²) < 4.78 is 6.71.